The Kier molecular flexibility index (Phi) is 2.49. The molecule has 2 rings (SSSR count). The van der Waals surface area contributed by atoms with Crippen LogP contribution in [-0.4, -0.2) is 12.1 Å². The lowest BCUT2D eigenvalue weighted by Gasteiger charge is -2.11. The molecule has 1 aliphatic carbocycles. The van der Waals surface area contributed by atoms with Gasteiger partial charge in [-0.25, -0.2) is 4.39 Å². The van der Waals surface area contributed by atoms with Crippen molar-refractivity contribution in [2.75, 3.05) is 6.61 Å². The smallest absolute Gasteiger partial charge is 0.166 e. The highest BCUT2D eigenvalue weighted by Gasteiger charge is 2.39. The molecule has 0 aromatic heterocycles. The maximum Gasteiger partial charge on any atom is 0.166 e. The van der Waals surface area contributed by atoms with Crippen LogP contribution in [0.15, 0.2) is 22.7 Å². The van der Waals surface area contributed by atoms with Crippen molar-refractivity contribution < 1.29 is 9.13 Å². The minimum atomic E-state index is -0.358. The number of halogens is 2. The summed E-state index contributed by atoms with van der Waals surface area (Å²) in [5.74, 6) is -0.0893. The highest BCUT2D eigenvalue weighted by molar-refractivity contribution is 9.10. The predicted octanol–water partition coefficient (Wildman–Crippen LogP) is 2.46. The number of ether oxygens (including phenoxy) is 1. The highest BCUT2D eigenvalue weighted by atomic mass is 79.9. The SMILES string of the molecule is NC1(COc2ccc(Br)cc2F)CC1. The summed E-state index contributed by atoms with van der Waals surface area (Å²) in [6.07, 6.45) is 1.93. The Morgan fingerprint density at radius 1 is 1.50 bits per heavy atom. The van der Waals surface area contributed by atoms with Gasteiger partial charge in [0.15, 0.2) is 11.6 Å². The third-order valence-electron chi connectivity index (χ3n) is 2.30. The van der Waals surface area contributed by atoms with Gasteiger partial charge in [0, 0.05) is 4.47 Å². The van der Waals surface area contributed by atoms with Crippen molar-refractivity contribution in [3.05, 3.63) is 28.5 Å². The number of nitrogens with two attached hydrogens (primary N) is 1. The van der Waals surface area contributed by atoms with Gasteiger partial charge in [0.2, 0.25) is 0 Å². The quantitative estimate of drug-likeness (QED) is 0.906. The van der Waals surface area contributed by atoms with Crippen LogP contribution in [0.1, 0.15) is 12.8 Å². The lowest BCUT2D eigenvalue weighted by molar-refractivity contribution is 0.267. The Hall–Kier alpha value is -0.610. The first kappa shape index (κ1) is 9.93. The maximum absolute atomic E-state index is 13.3. The topological polar surface area (TPSA) is 35.2 Å². The van der Waals surface area contributed by atoms with Gasteiger partial charge in [0.1, 0.15) is 6.61 Å². The molecule has 1 aromatic rings. The average molecular weight is 260 g/mol. The van der Waals surface area contributed by atoms with Gasteiger partial charge >= 0.3 is 0 Å². The van der Waals surface area contributed by atoms with Crippen LogP contribution in [0.2, 0.25) is 0 Å². The molecule has 0 atom stereocenters. The fraction of sp³-hybridized carbons (Fsp3) is 0.400. The Balaban J connectivity index is 2.02. The van der Waals surface area contributed by atoms with Crippen LogP contribution in [0.3, 0.4) is 0 Å². The molecule has 0 spiro atoms. The standard InChI is InChI=1S/C10H11BrFNO/c11-7-1-2-9(8(12)5-7)14-6-10(13)3-4-10/h1-2,5H,3-4,6,13H2. The Morgan fingerprint density at radius 2 is 2.21 bits per heavy atom. The van der Waals surface area contributed by atoms with Crippen LogP contribution in [-0.2, 0) is 0 Å². The third kappa shape index (κ3) is 2.25. The first-order valence-corrected chi connectivity index (χ1v) is 5.25. The van der Waals surface area contributed by atoms with E-state index in [1.54, 1.807) is 12.1 Å². The van der Waals surface area contributed by atoms with E-state index < -0.39 is 0 Å². The predicted molar refractivity (Wildman–Crippen MR) is 55.7 cm³/mol. The lowest BCUT2D eigenvalue weighted by Crippen LogP contribution is -2.29. The number of hydrogen-bond acceptors (Lipinski definition) is 2. The second-order valence-electron chi connectivity index (χ2n) is 3.73. The minimum Gasteiger partial charge on any atom is -0.489 e. The van der Waals surface area contributed by atoms with Gasteiger partial charge in [-0.05, 0) is 31.0 Å². The Labute approximate surface area is 90.4 Å². The third-order valence-corrected chi connectivity index (χ3v) is 2.79. The summed E-state index contributed by atoms with van der Waals surface area (Å²) >= 11 is 3.18. The summed E-state index contributed by atoms with van der Waals surface area (Å²) < 4.78 is 19.3. The molecule has 0 aliphatic heterocycles. The van der Waals surface area contributed by atoms with E-state index in [0.717, 1.165) is 12.8 Å². The zero-order chi connectivity index (χ0) is 10.2. The molecule has 0 amide bonds. The van der Waals surface area contributed by atoms with E-state index in [2.05, 4.69) is 15.9 Å². The average Bonchev–Trinajstić information content (AvgIpc) is 2.83. The first-order chi connectivity index (χ1) is 6.59. The summed E-state index contributed by atoms with van der Waals surface area (Å²) in [6, 6.07) is 4.73. The van der Waals surface area contributed by atoms with E-state index in [-0.39, 0.29) is 17.1 Å². The van der Waals surface area contributed by atoms with Gasteiger partial charge in [0.25, 0.3) is 0 Å². The number of hydrogen-bond donors (Lipinski definition) is 1. The van der Waals surface area contributed by atoms with Crippen LogP contribution in [0.5, 0.6) is 5.75 Å². The van der Waals surface area contributed by atoms with Crippen molar-refractivity contribution >= 4 is 15.9 Å². The number of rotatable bonds is 3. The summed E-state index contributed by atoms with van der Waals surface area (Å²) in [7, 11) is 0. The van der Waals surface area contributed by atoms with E-state index in [1.807, 2.05) is 0 Å². The normalized spacial score (nSPS) is 17.9. The molecule has 0 heterocycles. The van der Waals surface area contributed by atoms with Crippen molar-refractivity contribution in [2.45, 2.75) is 18.4 Å². The van der Waals surface area contributed by atoms with E-state index in [0.29, 0.717) is 11.1 Å². The zero-order valence-corrected chi connectivity index (χ0v) is 9.18. The highest BCUT2D eigenvalue weighted by Crippen LogP contribution is 2.33. The zero-order valence-electron chi connectivity index (χ0n) is 7.59. The van der Waals surface area contributed by atoms with Crippen LogP contribution in [0, 0.1) is 5.82 Å². The van der Waals surface area contributed by atoms with Gasteiger partial charge in [-0.2, -0.15) is 0 Å². The molecule has 2 nitrogen and oxygen atoms in total. The molecular formula is C10H11BrFNO. The molecule has 2 N–H and O–H groups in total. The molecule has 1 aliphatic rings. The molecule has 0 saturated heterocycles. The molecule has 76 valence electrons. The van der Waals surface area contributed by atoms with Gasteiger partial charge in [-0.1, -0.05) is 15.9 Å². The van der Waals surface area contributed by atoms with Crippen molar-refractivity contribution in [1.82, 2.24) is 0 Å². The largest absolute Gasteiger partial charge is 0.489 e. The fourth-order valence-electron chi connectivity index (χ4n) is 1.12. The van der Waals surface area contributed by atoms with Crippen LogP contribution in [0.4, 0.5) is 4.39 Å². The van der Waals surface area contributed by atoms with Crippen LogP contribution >= 0.6 is 15.9 Å². The maximum atomic E-state index is 13.3. The molecule has 1 saturated carbocycles. The van der Waals surface area contributed by atoms with Crippen molar-refractivity contribution in [2.24, 2.45) is 5.73 Å². The summed E-state index contributed by atoms with van der Waals surface area (Å²) in [4.78, 5) is 0. The van der Waals surface area contributed by atoms with E-state index in [1.165, 1.54) is 6.07 Å². The van der Waals surface area contributed by atoms with Crippen LogP contribution in [0.25, 0.3) is 0 Å². The Morgan fingerprint density at radius 3 is 2.79 bits per heavy atom. The van der Waals surface area contributed by atoms with E-state index in [4.69, 9.17) is 10.5 Å². The summed E-state index contributed by atoms with van der Waals surface area (Å²) in [5, 5.41) is 0. The fourth-order valence-corrected chi connectivity index (χ4v) is 1.45. The van der Waals surface area contributed by atoms with Gasteiger partial charge in [-0.15, -0.1) is 0 Å². The van der Waals surface area contributed by atoms with Gasteiger partial charge in [-0.3, -0.25) is 0 Å². The Bertz CT molecular complexity index is 352. The van der Waals surface area contributed by atoms with Crippen LogP contribution < -0.4 is 10.5 Å². The summed E-state index contributed by atoms with van der Waals surface area (Å²) in [6.45, 7) is 0.394. The molecule has 0 bridgehead atoms. The van der Waals surface area contributed by atoms with Crippen molar-refractivity contribution in [1.29, 1.82) is 0 Å². The first-order valence-electron chi connectivity index (χ1n) is 4.46. The van der Waals surface area contributed by atoms with Gasteiger partial charge in [0.05, 0.1) is 5.54 Å². The van der Waals surface area contributed by atoms with E-state index in [9.17, 15) is 4.39 Å². The molecular weight excluding hydrogens is 249 g/mol. The number of benzene rings is 1. The second kappa shape index (κ2) is 3.51. The molecule has 1 aromatic carbocycles. The van der Waals surface area contributed by atoms with E-state index >= 15 is 0 Å². The second-order valence-corrected chi connectivity index (χ2v) is 4.64. The van der Waals surface area contributed by atoms with Crippen molar-refractivity contribution in [3.8, 4) is 5.75 Å². The van der Waals surface area contributed by atoms with Gasteiger partial charge < -0.3 is 10.5 Å². The molecule has 4 heteroatoms. The molecule has 14 heavy (non-hydrogen) atoms. The molecule has 1 fully saturated rings. The molecule has 0 unspecified atom stereocenters. The lowest BCUT2D eigenvalue weighted by atomic mass is 10.3. The minimum absolute atomic E-state index is 0.209. The molecule has 0 radical (unpaired) electrons. The van der Waals surface area contributed by atoms with Crippen molar-refractivity contribution in [3.63, 3.8) is 0 Å². The summed E-state index contributed by atoms with van der Waals surface area (Å²) in [5.41, 5.74) is 5.61. The monoisotopic (exact) mass is 259 g/mol.